The van der Waals surface area contributed by atoms with Crippen LogP contribution in [0.1, 0.15) is 41.0 Å². The first-order valence-corrected chi connectivity index (χ1v) is 6.85. The summed E-state index contributed by atoms with van der Waals surface area (Å²) in [5.74, 6) is 1.05. The van der Waals surface area contributed by atoms with Crippen LogP contribution in [0.2, 0.25) is 0 Å². The van der Waals surface area contributed by atoms with E-state index in [2.05, 4.69) is 25.7 Å². The van der Waals surface area contributed by atoms with E-state index in [0.29, 0.717) is 11.7 Å². The molecule has 0 aromatic rings. The van der Waals surface area contributed by atoms with Gasteiger partial charge in [0, 0.05) is 19.1 Å². The van der Waals surface area contributed by atoms with E-state index >= 15 is 0 Å². The largest absolute Gasteiger partial charge is 0.377 e. The van der Waals surface area contributed by atoms with Gasteiger partial charge in [-0.05, 0) is 18.9 Å². The Hall–Kier alpha value is -0.410. The number of nitrogens with zero attached hydrogens (tertiary/aromatic N) is 1. The Bertz CT molecular complexity index is 251. The predicted molar refractivity (Wildman–Crippen MR) is 70.1 cm³/mol. The lowest BCUT2D eigenvalue weighted by atomic mass is 9.99. The molecule has 1 aliphatic rings. The highest BCUT2D eigenvalue weighted by atomic mass is 16.5. The number of hydrogen-bond acceptors (Lipinski definition) is 3. The third kappa shape index (κ3) is 4.07. The van der Waals surface area contributed by atoms with Crippen LogP contribution in [0.25, 0.3) is 0 Å². The lowest BCUT2D eigenvalue weighted by Gasteiger charge is -2.22. The Morgan fingerprint density at radius 2 is 2.00 bits per heavy atom. The standard InChI is InChI=1S/C14H27NO2/c1-6-15-8-12(17-9-10(2)3)7-13(15)14(16)11(4)5/h10-13H,6-9H2,1-5H3/t12-,13-/m0/s1. The number of Topliss-reactive ketones (excluding diaryl/α,β-unsaturated/α-hetero) is 1. The van der Waals surface area contributed by atoms with Gasteiger partial charge in [-0.1, -0.05) is 34.6 Å². The van der Waals surface area contributed by atoms with E-state index in [0.717, 1.165) is 26.1 Å². The number of ketones is 1. The summed E-state index contributed by atoms with van der Waals surface area (Å²) < 4.78 is 5.86. The van der Waals surface area contributed by atoms with Crippen LogP contribution < -0.4 is 0 Å². The predicted octanol–water partition coefficient (Wildman–Crippen LogP) is 2.35. The van der Waals surface area contributed by atoms with Gasteiger partial charge in [-0.2, -0.15) is 0 Å². The van der Waals surface area contributed by atoms with E-state index in [-0.39, 0.29) is 18.1 Å². The van der Waals surface area contributed by atoms with E-state index in [9.17, 15) is 4.79 Å². The highest BCUT2D eigenvalue weighted by molar-refractivity contribution is 5.86. The molecule has 1 heterocycles. The molecule has 1 fully saturated rings. The molecule has 1 rings (SSSR count). The van der Waals surface area contributed by atoms with Gasteiger partial charge >= 0.3 is 0 Å². The molecular formula is C14H27NO2. The van der Waals surface area contributed by atoms with Gasteiger partial charge in [0.05, 0.1) is 12.1 Å². The normalized spacial score (nSPS) is 26.1. The Kier molecular flexibility index (Phi) is 5.60. The number of rotatable bonds is 6. The number of carbonyl (C=O) groups excluding carboxylic acids is 1. The van der Waals surface area contributed by atoms with Crippen LogP contribution in [0.4, 0.5) is 0 Å². The average molecular weight is 241 g/mol. The van der Waals surface area contributed by atoms with Gasteiger partial charge in [-0.15, -0.1) is 0 Å². The van der Waals surface area contributed by atoms with E-state index in [1.807, 2.05) is 13.8 Å². The third-order valence-electron chi connectivity index (χ3n) is 3.33. The molecule has 0 spiro atoms. The summed E-state index contributed by atoms with van der Waals surface area (Å²) >= 11 is 0. The number of ether oxygens (including phenoxy) is 1. The van der Waals surface area contributed by atoms with Crippen molar-refractivity contribution in [1.82, 2.24) is 4.90 Å². The Balaban J connectivity index is 2.52. The van der Waals surface area contributed by atoms with Crippen molar-refractivity contribution in [3.8, 4) is 0 Å². The van der Waals surface area contributed by atoms with Crippen molar-refractivity contribution in [1.29, 1.82) is 0 Å². The Labute approximate surface area is 106 Å². The SMILES string of the molecule is CCN1C[C@@H](OCC(C)C)C[C@H]1C(=O)C(C)C. The molecule has 3 nitrogen and oxygen atoms in total. The summed E-state index contributed by atoms with van der Waals surface area (Å²) in [5, 5.41) is 0. The van der Waals surface area contributed by atoms with Crippen molar-refractivity contribution in [2.75, 3.05) is 19.7 Å². The van der Waals surface area contributed by atoms with Gasteiger partial charge < -0.3 is 4.74 Å². The first-order chi connectivity index (χ1) is 7.95. The molecule has 0 bridgehead atoms. The topological polar surface area (TPSA) is 29.5 Å². The fourth-order valence-corrected chi connectivity index (χ4v) is 2.34. The summed E-state index contributed by atoms with van der Waals surface area (Å²) in [6.07, 6.45) is 1.11. The van der Waals surface area contributed by atoms with Crippen LogP contribution in [0.5, 0.6) is 0 Å². The summed E-state index contributed by atoms with van der Waals surface area (Å²) in [4.78, 5) is 14.4. The third-order valence-corrected chi connectivity index (χ3v) is 3.33. The quantitative estimate of drug-likeness (QED) is 0.715. The lowest BCUT2D eigenvalue weighted by molar-refractivity contribution is -0.126. The first-order valence-electron chi connectivity index (χ1n) is 6.85. The second-order valence-electron chi connectivity index (χ2n) is 5.75. The zero-order chi connectivity index (χ0) is 13.0. The van der Waals surface area contributed by atoms with Crippen LogP contribution in [0.3, 0.4) is 0 Å². The van der Waals surface area contributed by atoms with E-state index in [4.69, 9.17) is 4.74 Å². The molecule has 0 aromatic heterocycles. The Morgan fingerprint density at radius 3 is 2.47 bits per heavy atom. The molecule has 0 aliphatic carbocycles. The van der Waals surface area contributed by atoms with Gasteiger partial charge in [0.2, 0.25) is 0 Å². The zero-order valence-electron chi connectivity index (χ0n) is 11.9. The van der Waals surface area contributed by atoms with Crippen LogP contribution in [0.15, 0.2) is 0 Å². The minimum atomic E-state index is 0.0807. The van der Waals surface area contributed by atoms with Gasteiger partial charge in [0.15, 0.2) is 5.78 Å². The van der Waals surface area contributed by atoms with Gasteiger partial charge in [0.1, 0.15) is 0 Å². The molecule has 100 valence electrons. The molecule has 17 heavy (non-hydrogen) atoms. The van der Waals surface area contributed by atoms with Crippen molar-refractivity contribution in [2.24, 2.45) is 11.8 Å². The number of carbonyl (C=O) groups is 1. The van der Waals surface area contributed by atoms with Crippen LogP contribution in [0, 0.1) is 11.8 Å². The number of hydrogen-bond donors (Lipinski definition) is 0. The summed E-state index contributed by atoms with van der Waals surface area (Å²) in [5.41, 5.74) is 0. The minimum Gasteiger partial charge on any atom is -0.377 e. The fraction of sp³-hybridized carbons (Fsp3) is 0.929. The molecule has 0 saturated carbocycles. The molecule has 2 atom stereocenters. The van der Waals surface area contributed by atoms with Crippen LogP contribution in [-0.4, -0.2) is 42.5 Å². The molecule has 1 aliphatic heterocycles. The molecule has 0 aromatic carbocycles. The van der Waals surface area contributed by atoms with Gasteiger partial charge in [0.25, 0.3) is 0 Å². The zero-order valence-corrected chi connectivity index (χ0v) is 11.9. The maximum atomic E-state index is 12.1. The van der Waals surface area contributed by atoms with E-state index in [1.54, 1.807) is 0 Å². The molecule has 0 N–H and O–H groups in total. The number of likely N-dealkylation sites (N-methyl/N-ethyl adjacent to an activating group) is 1. The smallest absolute Gasteiger partial charge is 0.152 e. The van der Waals surface area contributed by atoms with E-state index in [1.165, 1.54) is 0 Å². The monoisotopic (exact) mass is 241 g/mol. The number of likely N-dealkylation sites (tertiary alicyclic amines) is 1. The van der Waals surface area contributed by atoms with Crippen molar-refractivity contribution in [3.05, 3.63) is 0 Å². The maximum absolute atomic E-state index is 12.1. The Morgan fingerprint density at radius 1 is 1.35 bits per heavy atom. The van der Waals surface area contributed by atoms with Gasteiger partial charge in [-0.3, -0.25) is 9.69 Å². The summed E-state index contributed by atoms with van der Waals surface area (Å²) in [6.45, 7) is 13.0. The maximum Gasteiger partial charge on any atom is 0.152 e. The highest BCUT2D eigenvalue weighted by Crippen LogP contribution is 2.23. The van der Waals surface area contributed by atoms with Crippen molar-refractivity contribution < 1.29 is 9.53 Å². The molecule has 0 radical (unpaired) electrons. The fourth-order valence-electron chi connectivity index (χ4n) is 2.34. The second kappa shape index (κ2) is 6.50. The molecule has 0 amide bonds. The minimum absolute atomic E-state index is 0.0807. The molecule has 1 saturated heterocycles. The highest BCUT2D eigenvalue weighted by Gasteiger charge is 2.36. The first kappa shape index (κ1) is 14.7. The summed E-state index contributed by atoms with van der Waals surface area (Å²) in [7, 11) is 0. The van der Waals surface area contributed by atoms with Crippen molar-refractivity contribution in [3.63, 3.8) is 0 Å². The lowest BCUT2D eigenvalue weighted by Crippen LogP contribution is -2.38. The average Bonchev–Trinajstić information content (AvgIpc) is 2.68. The molecular weight excluding hydrogens is 214 g/mol. The molecule has 3 heteroatoms. The van der Waals surface area contributed by atoms with Crippen molar-refractivity contribution in [2.45, 2.75) is 53.2 Å². The molecule has 0 unspecified atom stereocenters. The van der Waals surface area contributed by atoms with E-state index < -0.39 is 0 Å². The summed E-state index contributed by atoms with van der Waals surface area (Å²) in [6, 6.07) is 0.0807. The second-order valence-corrected chi connectivity index (χ2v) is 5.75. The van der Waals surface area contributed by atoms with Crippen LogP contribution >= 0.6 is 0 Å². The van der Waals surface area contributed by atoms with Crippen LogP contribution in [-0.2, 0) is 9.53 Å². The van der Waals surface area contributed by atoms with Crippen molar-refractivity contribution >= 4 is 5.78 Å². The van der Waals surface area contributed by atoms with Gasteiger partial charge in [-0.25, -0.2) is 0 Å².